The first-order valence-corrected chi connectivity index (χ1v) is 12.0. The fourth-order valence-electron chi connectivity index (χ4n) is 3.26. The number of rotatable bonds is 6. The third-order valence-corrected chi connectivity index (χ3v) is 7.26. The second-order valence-electron chi connectivity index (χ2n) is 7.18. The number of fused-ring (bicyclic) bond motifs is 1. The lowest BCUT2D eigenvalue weighted by Gasteiger charge is -2.10. The Labute approximate surface area is 194 Å². The van der Waals surface area contributed by atoms with Crippen LogP contribution in [-0.4, -0.2) is 41.4 Å². The van der Waals surface area contributed by atoms with Crippen molar-refractivity contribution in [3.8, 4) is 0 Å². The summed E-state index contributed by atoms with van der Waals surface area (Å²) in [6, 6.07) is 7.92. The van der Waals surface area contributed by atoms with Crippen molar-refractivity contribution in [3.63, 3.8) is 0 Å². The number of methoxy groups -OCH3 is 1. The normalized spacial score (nSPS) is 11.4. The molecule has 0 unspecified atom stereocenters. The molecule has 0 saturated carbocycles. The van der Waals surface area contributed by atoms with Crippen LogP contribution in [0.5, 0.6) is 0 Å². The Kier molecular flexibility index (Phi) is 5.95. The molecule has 33 heavy (non-hydrogen) atoms. The third-order valence-electron chi connectivity index (χ3n) is 4.73. The van der Waals surface area contributed by atoms with Gasteiger partial charge in [-0.25, -0.2) is 37.9 Å². The average molecular weight is 485 g/mol. The summed E-state index contributed by atoms with van der Waals surface area (Å²) in [4.78, 5) is 29.9. The third kappa shape index (κ3) is 4.61. The molecule has 0 saturated heterocycles. The smallest absolute Gasteiger partial charge is 0.348 e. The molecule has 2 N–H and O–H groups in total. The van der Waals surface area contributed by atoms with Crippen molar-refractivity contribution in [1.29, 1.82) is 0 Å². The molecule has 4 rings (SSSR count). The Morgan fingerprint density at radius 3 is 2.33 bits per heavy atom. The van der Waals surface area contributed by atoms with Crippen molar-refractivity contribution in [1.82, 2.24) is 19.9 Å². The standard InChI is InChI=1S/C21H20N6O4S2/c1-11-9-12(2)25-21(24-11)27-33(29,30)15-7-5-14(6-8-15)26-18-16-13(3)17(20(28)31-4)32-19(16)23-10-22-18/h5-10H,1-4H3,(H,22,23,26)(H,24,25,27). The van der Waals surface area contributed by atoms with Gasteiger partial charge in [-0.2, -0.15) is 0 Å². The number of carbonyl (C=O) groups is 1. The molecule has 0 aliphatic rings. The molecule has 0 aliphatic heterocycles. The van der Waals surface area contributed by atoms with E-state index in [2.05, 4.69) is 30.0 Å². The monoisotopic (exact) mass is 484 g/mol. The van der Waals surface area contributed by atoms with Gasteiger partial charge in [0.2, 0.25) is 5.95 Å². The van der Waals surface area contributed by atoms with Crippen LogP contribution in [-0.2, 0) is 14.8 Å². The quantitative estimate of drug-likeness (QED) is 0.392. The van der Waals surface area contributed by atoms with Crippen LogP contribution in [0.4, 0.5) is 17.5 Å². The number of sulfonamides is 1. The molecule has 0 spiro atoms. The molecule has 0 amide bonds. The number of benzene rings is 1. The first-order valence-electron chi connectivity index (χ1n) is 9.72. The van der Waals surface area contributed by atoms with Crippen molar-refractivity contribution >= 4 is 55.0 Å². The predicted molar refractivity (Wildman–Crippen MR) is 126 cm³/mol. The van der Waals surface area contributed by atoms with Crippen LogP contribution in [0.15, 0.2) is 41.6 Å². The van der Waals surface area contributed by atoms with Gasteiger partial charge in [0.15, 0.2) is 0 Å². The highest BCUT2D eigenvalue weighted by atomic mass is 32.2. The van der Waals surface area contributed by atoms with E-state index in [1.807, 2.05) is 0 Å². The molecule has 4 aromatic rings. The zero-order valence-electron chi connectivity index (χ0n) is 18.2. The minimum absolute atomic E-state index is 0.0208. The highest BCUT2D eigenvalue weighted by molar-refractivity contribution is 7.92. The number of aromatic nitrogens is 4. The van der Waals surface area contributed by atoms with Gasteiger partial charge in [0.05, 0.1) is 17.4 Å². The fourth-order valence-corrected chi connectivity index (χ4v) is 5.27. The number of thiophene rings is 1. The van der Waals surface area contributed by atoms with E-state index >= 15 is 0 Å². The molecule has 0 radical (unpaired) electrons. The summed E-state index contributed by atoms with van der Waals surface area (Å²) in [6.07, 6.45) is 1.40. The van der Waals surface area contributed by atoms with E-state index in [0.717, 1.165) is 0 Å². The van der Waals surface area contributed by atoms with Crippen molar-refractivity contribution in [2.45, 2.75) is 25.7 Å². The molecular weight excluding hydrogens is 464 g/mol. The number of hydrogen-bond donors (Lipinski definition) is 2. The molecule has 0 atom stereocenters. The molecule has 1 aromatic carbocycles. The van der Waals surface area contributed by atoms with E-state index in [0.29, 0.717) is 43.6 Å². The lowest BCUT2D eigenvalue weighted by atomic mass is 10.2. The average Bonchev–Trinajstić information content (AvgIpc) is 3.10. The summed E-state index contributed by atoms with van der Waals surface area (Å²) in [5.74, 6) is 0.0880. The molecule has 0 fully saturated rings. The molecule has 12 heteroatoms. The SMILES string of the molecule is COC(=O)c1sc2ncnc(Nc3ccc(S(=O)(=O)Nc4nc(C)cc(C)n4)cc3)c2c1C. The largest absolute Gasteiger partial charge is 0.465 e. The van der Waals surface area contributed by atoms with Crippen LogP contribution >= 0.6 is 11.3 Å². The van der Waals surface area contributed by atoms with E-state index in [-0.39, 0.29) is 10.8 Å². The Morgan fingerprint density at radius 1 is 1.03 bits per heavy atom. The summed E-state index contributed by atoms with van der Waals surface area (Å²) in [6.45, 7) is 5.33. The molecular formula is C21H20N6O4S2. The van der Waals surface area contributed by atoms with E-state index in [4.69, 9.17) is 4.74 Å². The molecule has 170 valence electrons. The molecule has 3 aromatic heterocycles. The van der Waals surface area contributed by atoms with Crippen LogP contribution in [0.3, 0.4) is 0 Å². The van der Waals surface area contributed by atoms with Crippen LogP contribution in [0, 0.1) is 20.8 Å². The van der Waals surface area contributed by atoms with Crippen LogP contribution < -0.4 is 10.0 Å². The van der Waals surface area contributed by atoms with Gasteiger partial charge in [-0.3, -0.25) is 0 Å². The van der Waals surface area contributed by atoms with E-state index < -0.39 is 16.0 Å². The van der Waals surface area contributed by atoms with Gasteiger partial charge in [-0.1, -0.05) is 0 Å². The summed E-state index contributed by atoms with van der Waals surface area (Å²) in [5.41, 5.74) is 2.65. The Morgan fingerprint density at radius 2 is 1.70 bits per heavy atom. The van der Waals surface area contributed by atoms with Crippen LogP contribution in [0.2, 0.25) is 0 Å². The Hall–Kier alpha value is -3.64. The lowest BCUT2D eigenvalue weighted by Crippen LogP contribution is -2.15. The number of hydrogen-bond acceptors (Lipinski definition) is 10. The van der Waals surface area contributed by atoms with E-state index in [9.17, 15) is 13.2 Å². The Balaban J connectivity index is 1.60. The maximum absolute atomic E-state index is 12.7. The van der Waals surface area contributed by atoms with Crippen LogP contribution in [0.1, 0.15) is 26.6 Å². The van der Waals surface area contributed by atoms with Gasteiger partial charge >= 0.3 is 5.97 Å². The second-order valence-corrected chi connectivity index (χ2v) is 9.86. The summed E-state index contributed by atoms with van der Waals surface area (Å²) in [5, 5.41) is 3.87. The second kappa shape index (κ2) is 8.71. The van der Waals surface area contributed by atoms with Gasteiger partial charge in [-0.05, 0) is 56.7 Å². The molecule has 0 bridgehead atoms. The van der Waals surface area contributed by atoms with E-state index in [1.165, 1.54) is 36.9 Å². The highest BCUT2D eigenvalue weighted by Crippen LogP contribution is 2.34. The van der Waals surface area contributed by atoms with Gasteiger partial charge in [0.1, 0.15) is 21.9 Å². The van der Waals surface area contributed by atoms with Gasteiger partial charge in [-0.15, -0.1) is 11.3 Å². The number of ether oxygens (including phenoxy) is 1. The number of nitrogens with one attached hydrogen (secondary N) is 2. The lowest BCUT2D eigenvalue weighted by molar-refractivity contribution is 0.0605. The zero-order valence-corrected chi connectivity index (χ0v) is 19.8. The van der Waals surface area contributed by atoms with Crippen molar-refractivity contribution in [2.24, 2.45) is 0 Å². The van der Waals surface area contributed by atoms with Gasteiger partial charge in [0, 0.05) is 17.1 Å². The summed E-state index contributed by atoms with van der Waals surface area (Å²) < 4.78 is 32.7. The van der Waals surface area contributed by atoms with Crippen molar-refractivity contribution in [2.75, 3.05) is 17.1 Å². The predicted octanol–water partition coefficient (Wildman–Crippen LogP) is 3.74. The van der Waals surface area contributed by atoms with Crippen LogP contribution in [0.25, 0.3) is 10.2 Å². The molecule has 10 nitrogen and oxygen atoms in total. The minimum atomic E-state index is -3.87. The molecule has 0 aliphatic carbocycles. The Bertz CT molecular complexity index is 1450. The number of carbonyl (C=O) groups excluding carboxylic acids is 1. The van der Waals surface area contributed by atoms with Crippen molar-refractivity contribution in [3.05, 3.63) is 58.5 Å². The number of aryl methyl sites for hydroxylation is 3. The maximum atomic E-state index is 12.7. The number of esters is 1. The maximum Gasteiger partial charge on any atom is 0.348 e. The fraction of sp³-hybridized carbons (Fsp3) is 0.190. The number of anilines is 3. The highest BCUT2D eigenvalue weighted by Gasteiger charge is 2.20. The molecule has 3 heterocycles. The summed E-state index contributed by atoms with van der Waals surface area (Å²) in [7, 11) is -2.54. The van der Waals surface area contributed by atoms with E-state index in [1.54, 1.807) is 39.0 Å². The minimum Gasteiger partial charge on any atom is -0.465 e. The first-order chi connectivity index (χ1) is 15.7. The number of nitrogens with zero attached hydrogens (tertiary/aromatic N) is 4. The first kappa shape index (κ1) is 22.6. The van der Waals surface area contributed by atoms with Gasteiger partial charge < -0.3 is 10.1 Å². The summed E-state index contributed by atoms with van der Waals surface area (Å²) >= 11 is 1.22. The van der Waals surface area contributed by atoms with Gasteiger partial charge in [0.25, 0.3) is 10.0 Å². The zero-order chi connectivity index (χ0) is 23.8. The topological polar surface area (TPSA) is 136 Å². The van der Waals surface area contributed by atoms with Crippen molar-refractivity contribution < 1.29 is 17.9 Å².